The number of anilines is 2. The van der Waals surface area contributed by atoms with Gasteiger partial charge in [-0.25, -0.2) is 9.97 Å². The fourth-order valence-electron chi connectivity index (χ4n) is 3.17. The van der Waals surface area contributed by atoms with Crippen molar-refractivity contribution in [2.75, 3.05) is 18.4 Å². The molecular weight excluding hydrogens is 344 g/mol. The van der Waals surface area contributed by atoms with Crippen molar-refractivity contribution in [2.45, 2.75) is 26.0 Å². The van der Waals surface area contributed by atoms with E-state index in [9.17, 15) is 8.78 Å². The van der Waals surface area contributed by atoms with Crippen LogP contribution in [0.4, 0.5) is 20.4 Å². The molecule has 0 aliphatic carbocycles. The van der Waals surface area contributed by atoms with Crippen LogP contribution in [-0.4, -0.2) is 44.4 Å². The molecule has 0 aromatic carbocycles. The van der Waals surface area contributed by atoms with Crippen LogP contribution in [-0.2, 0) is 6.54 Å². The molecule has 1 unspecified atom stereocenters. The van der Waals surface area contributed by atoms with Crippen LogP contribution in [0.3, 0.4) is 0 Å². The van der Waals surface area contributed by atoms with Gasteiger partial charge in [-0.05, 0) is 37.9 Å². The number of halogens is 2. The number of H-pyrrole nitrogens is 1. The van der Waals surface area contributed by atoms with E-state index in [1.165, 1.54) is 18.9 Å². The van der Waals surface area contributed by atoms with Gasteiger partial charge < -0.3 is 19.9 Å². The van der Waals surface area contributed by atoms with Gasteiger partial charge in [0.1, 0.15) is 11.3 Å². The van der Waals surface area contributed by atoms with Gasteiger partial charge in [0, 0.05) is 18.8 Å². The SMILES string of the molecule is FC(F)Oc1cc(Nc2cnc3ccn(CC4CCCNC4)c3n2)[nH]n1. The van der Waals surface area contributed by atoms with Crippen molar-refractivity contribution < 1.29 is 13.5 Å². The van der Waals surface area contributed by atoms with Crippen LogP contribution in [0.5, 0.6) is 5.88 Å². The maximum atomic E-state index is 12.2. The van der Waals surface area contributed by atoms with Crippen molar-refractivity contribution in [3.8, 4) is 5.88 Å². The van der Waals surface area contributed by atoms with Crippen molar-refractivity contribution in [1.29, 1.82) is 0 Å². The molecule has 3 N–H and O–H groups in total. The number of fused-ring (bicyclic) bond motifs is 1. The first kappa shape index (κ1) is 16.7. The minimum atomic E-state index is -2.92. The highest BCUT2D eigenvalue weighted by atomic mass is 19.3. The molecule has 3 aromatic rings. The van der Waals surface area contributed by atoms with Gasteiger partial charge in [0.15, 0.2) is 11.5 Å². The Morgan fingerprint density at radius 2 is 2.35 bits per heavy atom. The number of aromatic nitrogens is 5. The lowest BCUT2D eigenvalue weighted by atomic mass is 10.00. The molecule has 1 aliphatic rings. The number of hydrogen-bond acceptors (Lipinski definition) is 6. The predicted octanol–water partition coefficient (Wildman–Crippen LogP) is 2.50. The molecule has 26 heavy (non-hydrogen) atoms. The van der Waals surface area contributed by atoms with Gasteiger partial charge in [0.25, 0.3) is 0 Å². The molecule has 1 aliphatic heterocycles. The molecule has 1 fully saturated rings. The number of rotatable bonds is 6. The van der Waals surface area contributed by atoms with Gasteiger partial charge in [-0.3, -0.25) is 5.10 Å². The molecule has 4 rings (SSSR count). The van der Waals surface area contributed by atoms with Crippen LogP contribution in [0.2, 0.25) is 0 Å². The maximum Gasteiger partial charge on any atom is 0.388 e. The van der Waals surface area contributed by atoms with Crippen molar-refractivity contribution in [3.05, 3.63) is 24.5 Å². The number of ether oxygens (including phenoxy) is 1. The van der Waals surface area contributed by atoms with Gasteiger partial charge in [0.2, 0.25) is 5.88 Å². The van der Waals surface area contributed by atoms with E-state index >= 15 is 0 Å². The Morgan fingerprint density at radius 3 is 3.15 bits per heavy atom. The van der Waals surface area contributed by atoms with Crippen molar-refractivity contribution in [1.82, 2.24) is 30.0 Å². The quantitative estimate of drug-likeness (QED) is 0.623. The van der Waals surface area contributed by atoms with Gasteiger partial charge >= 0.3 is 6.61 Å². The molecule has 10 heteroatoms. The van der Waals surface area contributed by atoms with Gasteiger partial charge in [0.05, 0.1) is 6.20 Å². The Morgan fingerprint density at radius 1 is 1.42 bits per heavy atom. The summed E-state index contributed by atoms with van der Waals surface area (Å²) in [6.45, 7) is 0.0509. The molecule has 4 heterocycles. The highest BCUT2D eigenvalue weighted by Gasteiger charge is 2.15. The summed E-state index contributed by atoms with van der Waals surface area (Å²) in [7, 11) is 0. The van der Waals surface area contributed by atoms with E-state index < -0.39 is 6.61 Å². The third-order valence-electron chi connectivity index (χ3n) is 4.35. The first-order valence-electron chi connectivity index (χ1n) is 8.47. The molecular formula is C16H19F2N7O. The third kappa shape index (κ3) is 3.74. The Hall–Kier alpha value is -2.75. The average Bonchev–Trinajstić information content (AvgIpc) is 3.22. The summed E-state index contributed by atoms with van der Waals surface area (Å²) in [5.41, 5.74) is 1.59. The minimum Gasteiger partial charge on any atom is -0.415 e. The monoisotopic (exact) mass is 363 g/mol. The first-order valence-corrected chi connectivity index (χ1v) is 8.47. The highest BCUT2D eigenvalue weighted by Crippen LogP contribution is 2.21. The molecule has 0 bridgehead atoms. The zero-order chi connectivity index (χ0) is 17.9. The lowest BCUT2D eigenvalue weighted by Crippen LogP contribution is -2.32. The van der Waals surface area contributed by atoms with Crippen LogP contribution in [0.25, 0.3) is 11.2 Å². The van der Waals surface area contributed by atoms with Crippen molar-refractivity contribution in [3.63, 3.8) is 0 Å². The van der Waals surface area contributed by atoms with Gasteiger partial charge in [-0.2, -0.15) is 8.78 Å². The molecule has 1 saturated heterocycles. The summed E-state index contributed by atoms with van der Waals surface area (Å²) in [4.78, 5) is 9.00. The van der Waals surface area contributed by atoms with E-state index in [2.05, 4.69) is 40.1 Å². The van der Waals surface area contributed by atoms with E-state index in [-0.39, 0.29) is 5.88 Å². The topological polar surface area (TPSA) is 92.7 Å². The lowest BCUT2D eigenvalue weighted by Gasteiger charge is -2.23. The number of alkyl halides is 2. The highest BCUT2D eigenvalue weighted by molar-refractivity contribution is 5.73. The maximum absolute atomic E-state index is 12.2. The Kier molecular flexibility index (Phi) is 4.65. The fourth-order valence-corrected chi connectivity index (χ4v) is 3.17. The van der Waals surface area contributed by atoms with Crippen LogP contribution in [0.1, 0.15) is 12.8 Å². The molecule has 8 nitrogen and oxygen atoms in total. The molecule has 0 radical (unpaired) electrons. The summed E-state index contributed by atoms with van der Waals surface area (Å²) in [5, 5.41) is 12.6. The Balaban J connectivity index is 1.51. The second-order valence-electron chi connectivity index (χ2n) is 6.27. The number of hydrogen-bond donors (Lipinski definition) is 3. The second kappa shape index (κ2) is 7.24. The summed E-state index contributed by atoms with van der Waals surface area (Å²) >= 11 is 0. The van der Waals surface area contributed by atoms with E-state index in [4.69, 9.17) is 0 Å². The van der Waals surface area contributed by atoms with E-state index in [0.29, 0.717) is 17.6 Å². The number of nitrogens with one attached hydrogen (secondary N) is 3. The van der Waals surface area contributed by atoms with Crippen molar-refractivity contribution in [2.24, 2.45) is 5.92 Å². The van der Waals surface area contributed by atoms with Crippen LogP contribution in [0.15, 0.2) is 24.5 Å². The number of piperidine rings is 1. The largest absolute Gasteiger partial charge is 0.415 e. The number of aromatic amines is 1. The molecule has 0 saturated carbocycles. The zero-order valence-electron chi connectivity index (χ0n) is 14.0. The molecule has 3 aromatic heterocycles. The Bertz CT molecular complexity index is 872. The smallest absolute Gasteiger partial charge is 0.388 e. The molecule has 0 amide bonds. The van der Waals surface area contributed by atoms with Crippen LogP contribution < -0.4 is 15.4 Å². The lowest BCUT2D eigenvalue weighted by molar-refractivity contribution is -0.0528. The van der Waals surface area contributed by atoms with Gasteiger partial charge in [-0.1, -0.05) is 0 Å². The molecule has 0 spiro atoms. The summed E-state index contributed by atoms with van der Waals surface area (Å²) in [5.74, 6) is 1.26. The Labute approximate surface area is 148 Å². The van der Waals surface area contributed by atoms with E-state index in [1.807, 2.05) is 12.3 Å². The van der Waals surface area contributed by atoms with Crippen LogP contribution >= 0.6 is 0 Å². The normalized spacial score (nSPS) is 17.7. The summed E-state index contributed by atoms with van der Waals surface area (Å²) in [6.07, 6.45) is 5.96. The van der Waals surface area contributed by atoms with Crippen LogP contribution in [0, 0.1) is 5.92 Å². The summed E-state index contributed by atoms with van der Waals surface area (Å²) in [6, 6.07) is 3.28. The standard InChI is InChI=1S/C16H19F2N7O/c17-16(18)26-14-6-12(23-24-14)21-13-8-20-11-3-5-25(15(11)22-13)9-10-2-1-4-19-7-10/h3,5-6,8,10,16,19H,1-2,4,7,9H2,(H2,21,22,23,24). The van der Waals surface area contributed by atoms with E-state index in [1.54, 1.807) is 6.20 Å². The first-order chi connectivity index (χ1) is 12.7. The fraction of sp³-hybridized carbons (Fsp3) is 0.438. The predicted molar refractivity (Wildman–Crippen MR) is 91.6 cm³/mol. The van der Waals surface area contributed by atoms with Gasteiger partial charge in [-0.15, -0.1) is 5.10 Å². The third-order valence-corrected chi connectivity index (χ3v) is 4.35. The summed E-state index contributed by atoms with van der Waals surface area (Å²) < 4.78 is 30.7. The van der Waals surface area contributed by atoms with Crippen molar-refractivity contribution >= 4 is 22.8 Å². The molecule has 1 atom stereocenters. The number of nitrogens with zero attached hydrogens (tertiary/aromatic N) is 4. The van der Waals surface area contributed by atoms with E-state index in [0.717, 1.165) is 30.8 Å². The minimum absolute atomic E-state index is 0.190. The molecule has 138 valence electrons. The second-order valence-corrected chi connectivity index (χ2v) is 6.27. The average molecular weight is 363 g/mol. The zero-order valence-corrected chi connectivity index (χ0v) is 14.0.